The van der Waals surface area contributed by atoms with Crippen molar-refractivity contribution in [1.29, 1.82) is 0 Å². The van der Waals surface area contributed by atoms with Crippen LogP contribution >= 0.6 is 11.3 Å². The van der Waals surface area contributed by atoms with Crippen molar-refractivity contribution in [2.45, 2.75) is 19.4 Å². The normalized spacial score (nSPS) is 12.4. The minimum absolute atomic E-state index is 0.0645. The second kappa shape index (κ2) is 4.92. The number of amides is 1. The number of carbonyl (C=O) groups excluding carboxylic acids is 1. The maximum atomic E-state index is 11.3. The molecule has 6 heteroatoms. The zero-order chi connectivity index (χ0) is 10.6. The predicted molar refractivity (Wildman–Crippen MR) is 54.9 cm³/mol. The van der Waals surface area contributed by atoms with Gasteiger partial charge in [-0.05, 0) is 6.92 Å². The highest BCUT2D eigenvalue weighted by Gasteiger charge is 2.08. The first-order valence-corrected chi connectivity index (χ1v) is 5.10. The summed E-state index contributed by atoms with van der Waals surface area (Å²) in [6.07, 6.45) is 0.206. The molecule has 1 aromatic rings. The third kappa shape index (κ3) is 3.31. The number of aliphatic hydroxyl groups is 1. The Morgan fingerprint density at radius 3 is 3.07 bits per heavy atom. The van der Waals surface area contributed by atoms with Gasteiger partial charge in [-0.2, -0.15) is 0 Å². The quantitative estimate of drug-likeness (QED) is 0.647. The lowest BCUT2D eigenvalue weighted by Gasteiger charge is -2.09. The van der Waals surface area contributed by atoms with Crippen LogP contribution in [0.3, 0.4) is 0 Å². The Kier molecular flexibility index (Phi) is 3.84. The number of aliphatic hydroxyl groups excluding tert-OH is 1. The molecule has 0 aromatic carbocycles. The number of hydrogen-bond acceptors (Lipinski definition) is 5. The Hall–Kier alpha value is -1.14. The fraction of sp³-hybridized carbons (Fsp3) is 0.500. The van der Waals surface area contributed by atoms with Gasteiger partial charge in [0.1, 0.15) is 0 Å². The summed E-state index contributed by atoms with van der Waals surface area (Å²) in [5, 5.41) is 13.5. The number of aromatic nitrogens is 1. The van der Waals surface area contributed by atoms with Crippen LogP contribution in [0.4, 0.5) is 5.13 Å². The first-order valence-electron chi connectivity index (χ1n) is 4.22. The van der Waals surface area contributed by atoms with Crippen LogP contribution in [-0.2, 0) is 11.2 Å². The number of rotatable bonds is 4. The predicted octanol–water partition coefficient (Wildman–Crippen LogP) is -0.235. The van der Waals surface area contributed by atoms with Crippen LogP contribution in [0.5, 0.6) is 0 Å². The van der Waals surface area contributed by atoms with Crippen molar-refractivity contribution in [1.82, 2.24) is 10.3 Å². The van der Waals surface area contributed by atoms with E-state index in [2.05, 4.69) is 10.3 Å². The minimum atomic E-state index is -0.224. The molecule has 0 fully saturated rings. The van der Waals surface area contributed by atoms with Crippen molar-refractivity contribution in [2.75, 3.05) is 12.3 Å². The summed E-state index contributed by atoms with van der Waals surface area (Å²) in [5.41, 5.74) is 6.08. The third-order valence-electron chi connectivity index (χ3n) is 1.59. The van der Waals surface area contributed by atoms with Crippen molar-refractivity contribution >= 4 is 22.4 Å². The van der Waals surface area contributed by atoms with E-state index >= 15 is 0 Å². The number of carbonyl (C=O) groups is 1. The molecule has 78 valence electrons. The average molecular weight is 215 g/mol. The summed E-state index contributed by atoms with van der Waals surface area (Å²) in [6.45, 7) is 1.66. The molecule has 0 unspecified atom stereocenters. The Bertz CT molecular complexity index is 313. The first kappa shape index (κ1) is 10.9. The summed E-state index contributed by atoms with van der Waals surface area (Å²) in [5.74, 6) is -0.156. The van der Waals surface area contributed by atoms with Gasteiger partial charge in [-0.1, -0.05) is 0 Å². The van der Waals surface area contributed by atoms with Crippen LogP contribution in [0.1, 0.15) is 12.6 Å². The standard InChI is InChI=1S/C8H13N3O2S/c1-5(3-12)10-7(13)2-6-4-14-8(9)11-6/h4-5,12H,2-3H2,1H3,(H2,9,11)(H,10,13)/t5-/m1/s1. The number of nitrogens with zero attached hydrogens (tertiary/aromatic N) is 1. The molecule has 1 heterocycles. The second-order valence-corrected chi connectivity index (χ2v) is 3.89. The lowest BCUT2D eigenvalue weighted by atomic mass is 10.3. The molecule has 0 saturated carbocycles. The molecule has 5 nitrogen and oxygen atoms in total. The molecule has 0 aliphatic carbocycles. The summed E-state index contributed by atoms with van der Waals surface area (Å²) in [6, 6.07) is -0.224. The molecule has 0 radical (unpaired) electrons. The fourth-order valence-corrected chi connectivity index (χ4v) is 1.50. The molecule has 0 bridgehead atoms. The van der Waals surface area contributed by atoms with E-state index in [1.54, 1.807) is 12.3 Å². The third-order valence-corrected chi connectivity index (χ3v) is 2.32. The Balaban J connectivity index is 2.41. The van der Waals surface area contributed by atoms with Crippen LogP contribution in [0.2, 0.25) is 0 Å². The van der Waals surface area contributed by atoms with E-state index in [4.69, 9.17) is 10.8 Å². The first-order chi connectivity index (χ1) is 6.61. The molecule has 14 heavy (non-hydrogen) atoms. The minimum Gasteiger partial charge on any atom is -0.394 e. The molecule has 1 aromatic heterocycles. The Morgan fingerprint density at radius 1 is 1.86 bits per heavy atom. The monoisotopic (exact) mass is 215 g/mol. The van der Waals surface area contributed by atoms with E-state index in [1.807, 2.05) is 0 Å². The molecular weight excluding hydrogens is 202 g/mol. The largest absolute Gasteiger partial charge is 0.394 e. The van der Waals surface area contributed by atoms with Crippen LogP contribution in [0.15, 0.2) is 5.38 Å². The average Bonchev–Trinajstić information content (AvgIpc) is 2.50. The van der Waals surface area contributed by atoms with Crippen molar-refractivity contribution in [3.8, 4) is 0 Å². The molecule has 1 amide bonds. The zero-order valence-electron chi connectivity index (χ0n) is 7.86. The lowest BCUT2D eigenvalue weighted by Crippen LogP contribution is -2.36. The number of nitrogen functional groups attached to an aromatic ring is 1. The Morgan fingerprint density at radius 2 is 2.57 bits per heavy atom. The molecule has 4 N–H and O–H groups in total. The molecule has 1 atom stereocenters. The molecule has 0 aliphatic rings. The number of hydrogen-bond donors (Lipinski definition) is 3. The van der Waals surface area contributed by atoms with Gasteiger partial charge in [-0.15, -0.1) is 11.3 Å². The molecule has 1 rings (SSSR count). The molecule has 0 aliphatic heterocycles. The molecular formula is C8H13N3O2S. The van der Waals surface area contributed by atoms with Gasteiger partial charge in [-0.3, -0.25) is 4.79 Å². The zero-order valence-corrected chi connectivity index (χ0v) is 8.67. The molecule has 0 saturated heterocycles. The van der Waals surface area contributed by atoms with Crippen molar-refractivity contribution in [3.63, 3.8) is 0 Å². The molecule has 0 spiro atoms. The summed E-state index contributed by atoms with van der Waals surface area (Å²) in [7, 11) is 0. The van der Waals surface area contributed by atoms with Gasteiger partial charge in [0.15, 0.2) is 5.13 Å². The number of nitrogens with one attached hydrogen (secondary N) is 1. The number of nitrogens with two attached hydrogens (primary N) is 1. The fourth-order valence-electron chi connectivity index (χ4n) is 0.940. The lowest BCUT2D eigenvalue weighted by molar-refractivity contribution is -0.121. The van der Waals surface area contributed by atoms with E-state index in [0.29, 0.717) is 10.8 Å². The maximum Gasteiger partial charge on any atom is 0.226 e. The smallest absolute Gasteiger partial charge is 0.226 e. The van der Waals surface area contributed by atoms with E-state index in [1.165, 1.54) is 11.3 Å². The summed E-state index contributed by atoms with van der Waals surface area (Å²) < 4.78 is 0. The van der Waals surface area contributed by atoms with Crippen LogP contribution in [0, 0.1) is 0 Å². The Labute approximate surface area is 86.0 Å². The van der Waals surface area contributed by atoms with Gasteiger partial charge in [-0.25, -0.2) is 4.98 Å². The van der Waals surface area contributed by atoms with Gasteiger partial charge in [0.2, 0.25) is 5.91 Å². The van der Waals surface area contributed by atoms with E-state index in [0.717, 1.165) is 0 Å². The van der Waals surface area contributed by atoms with Crippen molar-refractivity contribution in [2.24, 2.45) is 0 Å². The number of thiazole rings is 1. The van der Waals surface area contributed by atoms with Crippen LogP contribution in [-0.4, -0.2) is 28.6 Å². The highest BCUT2D eigenvalue weighted by molar-refractivity contribution is 7.13. The van der Waals surface area contributed by atoms with E-state index < -0.39 is 0 Å². The van der Waals surface area contributed by atoms with Gasteiger partial charge < -0.3 is 16.2 Å². The van der Waals surface area contributed by atoms with Gasteiger partial charge in [0, 0.05) is 11.4 Å². The highest BCUT2D eigenvalue weighted by Crippen LogP contribution is 2.11. The number of anilines is 1. The summed E-state index contributed by atoms with van der Waals surface area (Å²) in [4.78, 5) is 15.2. The second-order valence-electron chi connectivity index (χ2n) is 3.00. The SMILES string of the molecule is C[C@H](CO)NC(=O)Cc1csc(N)n1. The highest BCUT2D eigenvalue weighted by atomic mass is 32.1. The van der Waals surface area contributed by atoms with E-state index in [9.17, 15) is 4.79 Å². The maximum absolute atomic E-state index is 11.3. The van der Waals surface area contributed by atoms with Crippen LogP contribution < -0.4 is 11.1 Å². The topological polar surface area (TPSA) is 88.2 Å². The van der Waals surface area contributed by atoms with Gasteiger partial charge in [0.25, 0.3) is 0 Å². The van der Waals surface area contributed by atoms with Gasteiger partial charge >= 0.3 is 0 Å². The van der Waals surface area contributed by atoms with Crippen molar-refractivity contribution in [3.05, 3.63) is 11.1 Å². The van der Waals surface area contributed by atoms with E-state index in [-0.39, 0.29) is 25.0 Å². The summed E-state index contributed by atoms with van der Waals surface area (Å²) >= 11 is 1.31. The van der Waals surface area contributed by atoms with Gasteiger partial charge in [0.05, 0.1) is 18.7 Å². The van der Waals surface area contributed by atoms with Crippen LogP contribution in [0.25, 0.3) is 0 Å². The van der Waals surface area contributed by atoms with Crippen molar-refractivity contribution < 1.29 is 9.90 Å².